The number of imide groups is 1. The molecule has 1 atom stereocenters. The molecule has 1 fully saturated rings. The predicted molar refractivity (Wildman–Crippen MR) is 163 cm³/mol. The van der Waals surface area contributed by atoms with E-state index in [-0.39, 0.29) is 11.5 Å². The molecule has 0 aliphatic carbocycles. The summed E-state index contributed by atoms with van der Waals surface area (Å²) in [5, 5.41) is 21.7. The average molecular weight is 582 g/mol. The number of carbonyl (C=O) groups is 2. The molecule has 3 amide bonds. The largest absolute Gasteiger partial charge is 0.508 e. The van der Waals surface area contributed by atoms with Crippen LogP contribution >= 0.6 is 23.5 Å². The van der Waals surface area contributed by atoms with Gasteiger partial charge in [-0.1, -0.05) is 72.1 Å². The fourth-order valence-corrected chi connectivity index (χ4v) is 7.19. The Morgan fingerprint density at radius 3 is 2.05 bits per heavy atom. The van der Waals surface area contributed by atoms with Crippen molar-refractivity contribution >= 4 is 52.9 Å². The molecule has 7 nitrogen and oxygen atoms in total. The average Bonchev–Trinajstić information content (AvgIpc) is 3.31. The highest BCUT2D eigenvalue weighted by Crippen LogP contribution is 2.48. The number of phenolic OH excluding ortho intramolecular Hbond substituents is 2. The van der Waals surface area contributed by atoms with E-state index in [2.05, 4.69) is 34.5 Å². The van der Waals surface area contributed by atoms with Crippen LogP contribution in [0.2, 0.25) is 0 Å². The van der Waals surface area contributed by atoms with Crippen LogP contribution in [0.4, 0.5) is 16.2 Å². The summed E-state index contributed by atoms with van der Waals surface area (Å²) in [6.45, 7) is 1.09. The van der Waals surface area contributed by atoms with E-state index >= 15 is 0 Å². The minimum absolute atomic E-state index is 0.109. The number of hydrogen-bond acceptors (Lipinski definition) is 7. The number of rotatable bonds is 6. The quantitative estimate of drug-likeness (QED) is 0.165. The first-order valence-corrected chi connectivity index (χ1v) is 14.9. The summed E-state index contributed by atoms with van der Waals surface area (Å²) < 4.78 is 0. The number of urea groups is 1. The lowest BCUT2D eigenvalue weighted by Crippen LogP contribution is -2.42. The molecule has 0 saturated carbocycles. The van der Waals surface area contributed by atoms with Gasteiger partial charge in [-0.25, -0.2) is 9.69 Å². The number of fused-ring (bicyclic) bond motifs is 2. The molecule has 0 radical (unpaired) electrons. The summed E-state index contributed by atoms with van der Waals surface area (Å²) >= 11 is 3.04. The number of nitrogens with one attached hydrogen (secondary N) is 1. The van der Waals surface area contributed by atoms with Gasteiger partial charge in [0.25, 0.3) is 5.91 Å². The number of aromatic hydroxyl groups is 2. The molecule has 206 valence electrons. The van der Waals surface area contributed by atoms with Crippen molar-refractivity contribution in [2.24, 2.45) is 0 Å². The molecule has 1 saturated heterocycles. The van der Waals surface area contributed by atoms with E-state index in [0.717, 1.165) is 22.5 Å². The lowest BCUT2D eigenvalue weighted by Gasteiger charge is -2.32. The van der Waals surface area contributed by atoms with Crippen molar-refractivity contribution in [3.63, 3.8) is 0 Å². The number of nitrogens with zero attached hydrogens (tertiary/aromatic N) is 2. The van der Waals surface area contributed by atoms with Crippen LogP contribution in [0.25, 0.3) is 6.08 Å². The van der Waals surface area contributed by atoms with Crippen LogP contribution in [-0.4, -0.2) is 40.1 Å². The van der Waals surface area contributed by atoms with E-state index in [1.54, 1.807) is 66.4 Å². The molecule has 2 aliphatic heterocycles. The van der Waals surface area contributed by atoms with E-state index in [1.165, 1.54) is 26.5 Å². The number of anilines is 2. The number of hydrogen-bond donors (Lipinski definition) is 3. The molecule has 6 rings (SSSR count). The van der Waals surface area contributed by atoms with E-state index in [1.807, 2.05) is 24.3 Å². The third-order valence-electron chi connectivity index (χ3n) is 6.86. The number of thioether (sulfide) groups is 1. The minimum atomic E-state index is -0.579. The predicted octanol–water partition coefficient (Wildman–Crippen LogP) is 7.12. The molecule has 4 aromatic carbocycles. The van der Waals surface area contributed by atoms with Gasteiger partial charge in [-0.05, 0) is 72.2 Å². The Balaban J connectivity index is 1.17. The maximum absolute atomic E-state index is 13.5. The van der Waals surface area contributed by atoms with Gasteiger partial charge in [0.05, 0.1) is 16.3 Å². The highest BCUT2D eigenvalue weighted by molar-refractivity contribution is 8.04. The van der Waals surface area contributed by atoms with Crippen molar-refractivity contribution in [3.8, 4) is 11.5 Å². The Morgan fingerprint density at radius 2 is 1.41 bits per heavy atom. The zero-order valence-corrected chi connectivity index (χ0v) is 23.6. The van der Waals surface area contributed by atoms with Gasteiger partial charge in [0.1, 0.15) is 16.9 Å². The van der Waals surface area contributed by atoms with Crippen molar-refractivity contribution in [3.05, 3.63) is 113 Å². The Hall–Kier alpha value is -4.34. The van der Waals surface area contributed by atoms with Crippen LogP contribution < -0.4 is 10.2 Å². The molecule has 9 heteroatoms. The van der Waals surface area contributed by atoms with Gasteiger partial charge < -0.3 is 20.4 Å². The van der Waals surface area contributed by atoms with Crippen molar-refractivity contribution in [1.82, 2.24) is 10.2 Å². The molecule has 41 heavy (non-hydrogen) atoms. The fraction of sp³-hybridized carbons (Fsp3) is 0.125. The lowest BCUT2D eigenvalue weighted by molar-refractivity contribution is -0.123. The van der Waals surface area contributed by atoms with Crippen LogP contribution in [0.15, 0.2) is 112 Å². The molecule has 0 bridgehead atoms. The van der Waals surface area contributed by atoms with E-state index in [9.17, 15) is 19.8 Å². The standard InChI is InChI=1S/C32H27N3O4S2/c36-23-14-10-21(11-15-23)20-29-30(38)35(31(41-29)22-12-16-24(37)17-13-22)32(39)33-18-5-19-34-25-6-1-3-8-27(25)40-28-9-4-2-7-26(28)34/h1-4,6-17,20,31,36-37H,5,18-19H2,(H,33,39)/b29-20+. The van der Waals surface area contributed by atoms with Crippen molar-refractivity contribution in [1.29, 1.82) is 0 Å². The second kappa shape index (κ2) is 11.6. The van der Waals surface area contributed by atoms with Crippen LogP contribution in [-0.2, 0) is 4.79 Å². The van der Waals surface area contributed by atoms with Gasteiger partial charge in [0.2, 0.25) is 0 Å². The smallest absolute Gasteiger partial charge is 0.325 e. The Morgan fingerprint density at radius 1 is 0.829 bits per heavy atom. The summed E-state index contributed by atoms with van der Waals surface area (Å²) in [5.74, 6) is -0.149. The summed E-state index contributed by atoms with van der Waals surface area (Å²) in [4.78, 5) is 33.3. The van der Waals surface area contributed by atoms with Gasteiger partial charge in [-0.15, -0.1) is 0 Å². The van der Waals surface area contributed by atoms with E-state index in [4.69, 9.17) is 0 Å². The molecule has 3 N–H and O–H groups in total. The van der Waals surface area contributed by atoms with E-state index < -0.39 is 17.3 Å². The summed E-state index contributed by atoms with van der Waals surface area (Å²) in [7, 11) is 0. The molecule has 2 heterocycles. The van der Waals surface area contributed by atoms with Gasteiger partial charge in [-0.3, -0.25) is 4.79 Å². The normalized spacial score (nSPS) is 16.9. The number of benzene rings is 4. The monoisotopic (exact) mass is 581 g/mol. The third kappa shape index (κ3) is 5.64. The van der Waals surface area contributed by atoms with Gasteiger partial charge in [0.15, 0.2) is 0 Å². The topological polar surface area (TPSA) is 93.1 Å². The summed E-state index contributed by atoms with van der Waals surface area (Å²) in [6.07, 6.45) is 2.39. The highest BCUT2D eigenvalue weighted by Gasteiger charge is 2.41. The van der Waals surface area contributed by atoms with Gasteiger partial charge >= 0.3 is 6.03 Å². The number of carbonyl (C=O) groups excluding carboxylic acids is 2. The minimum Gasteiger partial charge on any atom is -0.508 e. The second-order valence-corrected chi connectivity index (χ2v) is 11.8. The molecule has 0 aromatic heterocycles. The van der Waals surface area contributed by atoms with Crippen LogP contribution in [0.3, 0.4) is 0 Å². The zero-order chi connectivity index (χ0) is 28.3. The van der Waals surface area contributed by atoms with Crippen molar-refractivity contribution in [2.45, 2.75) is 21.6 Å². The fourth-order valence-electron chi connectivity index (χ4n) is 4.86. The van der Waals surface area contributed by atoms with Crippen molar-refractivity contribution in [2.75, 3.05) is 18.0 Å². The van der Waals surface area contributed by atoms with Gasteiger partial charge in [0, 0.05) is 22.9 Å². The first-order valence-electron chi connectivity index (χ1n) is 13.2. The number of phenols is 2. The van der Waals surface area contributed by atoms with Crippen LogP contribution in [0, 0.1) is 0 Å². The summed E-state index contributed by atoms with van der Waals surface area (Å²) in [5.41, 5.74) is 3.75. The number of amides is 3. The van der Waals surface area contributed by atoms with Crippen LogP contribution in [0.1, 0.15) is 22.9 Å². The maximum atomic E-state index is 13.5. The molecular weight excluding hydrogens is 555 g/mol. The molecule has 1 unspecified atom stereocenters. The highest BCUT2D eigenvalue weighted by atomic mass is 32.2. The van der Waals surface area contributed by atoms with Gasteiger partial charge in [-0.2, -0.15) is 0 Å². The summed E-state index contributed by atoms with van der Waals surface area (Å²) in [6, 6.07) is 29.2. The first-order chi connectivity index (χ1) is 20.0. The first kappa shape index (κ1) is 26.9. The molecule has 2 aliphatic rings. The van der Waals surface area contributed by atoms with Crippen molar-refractivity contribution < 1.29 is 19.8 Å². The SMILES string of the molecule is O=C(NCCCN1c2ccccc2Sc2ccccc21)N1C(=O)/C(=C\c2ccc(O)cc2)SC1c1ccc(O)cc1. The van der Waals surface area contributed by atoms with Crippen LogP contribution in [0.5, 0.6) is 11.5 Å². The molecule has 4 aromatic rings. The Labute approximate surface area is 246 Å². The zero-order valence-electron chi connectivity index (χ0n) is 21.9. The Kier molecular flexibility index (Phi) is 7.63. The van der Waals surface area contributed by atoms with E-state index in [0.29, 0.717) is 24.4 Å². The lowest BCUT2D eigenvalue weighted by atomic mass is 10.2. The Bertz CT molecular complexity index is 1580. The molecule has 0 spiro atoms. The second-order valence-electron chi connectivity index (χ2n) is 9.61. The number of para-hydroxylation sites is 2. The maximum Gasteiger partial charge on any atom is 0.325 e. The third-order valence-corrected chi connectivity index (χ3v) is 9.24. The molecular formula is C32H27N3O4S2.